The maximum Gasteiger partial charge on any atom is 0.227 e. The molecule has 0 saturated carbocycles. The van der Waals surface area contributed by atoms with Crippen LogP contribution in [-0.2, 0) is 0 Å². The van der Waals surface area contributed by atoms with Crippen LogP contribution in [0.15, 0.2) is 144 Å². The zero-order chi connectivity index (χ0) is 57.7. The fraction of sp³-hybridized carbons (Fsp3) is 0.350. The van der Waals surface area contributed by atoms with Gasteiger partial charge in [0.15, 0.2) is 0 Å². The second-order valence-corrected chi connectivity index (χ2v) is 22.0. The van der Waals surface area contributed by atoms with Crippen LogP contribution in [0.3, 0.4) is 0 Å². The number of hydrogen-bond donors (Lipinski definition) is 7. The summed E-state index contributed by atoms with van der Waals surface area (Å²) < 4.78 is 0. The van der Waals surface area contributed by atoms with E-state index < -0.39 is 0 Å². The Balaban J connectivity index is 0.000000164. The summed E-state index contributed by atoms with van der Waals surface area (Å²) in [6, 6.07) is 30.0. The molecule has 0 aliphatic carbocycles. The summed E-state index contributed by atoms with van der Waals surface area (Å²) in [5.74, 6) is 1.68. The summed E-state index contributed by atoms with van der Waals surface area (Å²) >= 11 is 4.69. The fourth-order valence-corrected chi connectivity index (χ4v) is 10.7. The summed E-state index contributed by atoms with van der Waals surface area (Å²) in [6.45, 7) is 21.4. The largest absolute Gasteiger partial charge is 0.395 e. The van der Waals surface area contributed by atoms with Crippen molar-refractivity contribution in [2.75, 3.05) is 137 Å². The predicted octanol–water partition coefficient (Wildman–Crippen LogP) is 11.0. The van der Waals surface area contributed by atoms with Crippen LogP contribution in [0.2, 0.25) is 0 Å². The van der Waals surface area contributed by atoms with E-state index in [-0.39, 0.29) is 6.61 Å². The lowest BCUT2D eigenvalue weighted by Gasteiger charge is -2.34. The van der Waals surface area contributed by atoms with Gasteiger partial charge in [0.1, 0.15) is 32.1 Å². The molecule has 0 unspecified atom stereocenters. The topological polar surface area (TPSA) is 221 Å². The van der Waals surface area contributed by atoms with Gasteiger partial charge in [-0.2, -0.15) is 0 Å². The second kappa shape index (κ2) is 34.1. The van der Waals surface area contributed by atoms with Gasteiger partial charge in [0.2, 0.25) is 17.8 Å². The molecule has 10 rings (SSSR count). The van der Waals surface area contributed by atoms with Crippen LogP contribution in [0.5, 0.6) is 0 Å². The van der Waals surface area contributed by atoms with E-state index in [9.17, 15) is 0 Å². The molecule has 9 aromatic rings. The lowest BCUT2D eigenvalue weighted by atomic mass is 10.2. The van der Waals surface area contributed by atoms with E-state index in [0.29, 0.717) is 24.4 Å². The second-order valence-electron chi connectivity index (χ2n) is 19.3. The number of aromatic nitrogens is 9. The highest BCUT2D eigenvalue weighted by atomic mass is 32.1. The Kier molecular flexibility index (Phi) is 25.3. The number of nitrogens with one attached hydrogen (secondary N) is 6. The van der Waals surface area contributed by atoms with Crippen LogP contribution in [-0.4, -0.2) is 175 Å². The summed E-state index contributed by atoms with van der Waals surface area (Å²) in [5, 5.41) is 37.6. The number of anilines is 9. The zero-order valence-electron chi connectivity index (χ0n) is 47.9. The number of likely N-dealkylation sites (N-methyl/N-ethyl adjacent to an activating group) is 2. The van der Waals surface area contributed by atoms with Gasteiger partial charge in [-0.3, -0.25) is 0 Å². The molecule has 6 aromatic heterocycles. The van der Waals surface area contributed by atoms with E-state index in [4.69, 9.17) is 5.11 Å². The van der Waals surface area contributed by atoms with E-state index in [0.717, 1.165) is 125 Å². The Morgan fingerprint density at radius 3 is 1.25 bits per heavy atom. The molecule has 1 aliphatic heterocycles. The third-order valence-electron chi connectivity index (χ3n) is 13.2. The van der Waals surface area contributed by atoms with E-state index in [2.05, 4.69) is 141 Å². The van der Waals surface area contributed by atoms with Crippen LogP contribution in [0.4, 0.5) is 52.0 Å². The zero-order valence-corrected chi connectivity index (χ0v) is 50.3. The molecule has 83 heavy (non-hydrogen) atoms. The first-order chi connectivity index (χ1) is 40.8. The Bertz CT molecular complexity index is 3210. The smallest absolute Gasteiger partial charge is 0.227 e. The minimum Gasteiger partial charge on any atom is -0.395 e. The number of aliphatic hydroxyl groups is 1. The Labute approximate surface area is 500 Å². The highest BCUT2D eigenvalue weighted by Crippen LogP contribution is 2.26. The van der Waals surface area contributed by atoms with Gasteiger partial charge < -0.3 is 56.6 Å². The number of thiazole rings is 3. The monoisotopic (exact) mass is 1180 g/mol. The average Bonchev–Trinajstić information content (AvgIpc) is 4.51. The molecule has 0 atom stereocenters. The van der Waals surface area contributed by atoms with Crippen molar-refractivity contribution in [3.63, 3.8) is 0 Å². The predicted molar refractivity (Wildman–Crippen MR) is 344 cm³/mol. The minimum atomic E-state index is 0.177. The van der Waals surface area contributed by atoms with Gasteiger partial charge in [0.05, 0.1) is 6.61 Å². The van der Waals surface area contributed by atoms with E-state index in [1.807, 2.05) is 89.9 Å². The Morgan fingerprint density at radius 1 is 0.470 bits per heavy atom. The van der Waals surface area contributed by atoms with Crippen LogP contribution < -0.4 is 31.9 Å². The summed E-state index contributed by atoms with van der Waals surface area (Å²) in [7, 11) is 1.99. The number of hydrogen-bond acceptors (Lipinski definition) is 23. The molecule has 0 amide bonds. The Hall–Kier alpha value is -7.61. The number of benzene rings is 3. The minimum absolute atomic E-state index is 0.177. The lowest BCUT2D eigenvalue weighted by Crippen LogP contribution is -2.46. The molecular formula is C60H77N19OS3. The van der Waals surface area contributed by atoms with Crippen molar-refractivity contribution in [2.24, 2.45) is 0 Å². The van der Waals surface area contributed by atoms with Crippen molar-refractivity contribution in [1.29, 1.82) is 0 Å². The molecular weight excluding hydrogens is 1100 g/mol. The number of aliphatic hydroxyl groups excluding tert-OH is 1. The highest BCUT2D eigenvalue weighted by Gasteiger charge is 2.16. The molecule has 7 N–H and O–H groups in total. The van der Waals surface area contributed by atoms with E-state index in [1.165, 1.54) is 39.1 Å². The molecule has 1 fully saturated rings. The highest BCUT2D eigenvalue weighted by molar-refractivity contribution is 7.13. The SMILES string of the molecule is CCCN1CCN(CCCNc2cccc(Nc3nccc(-c4nccs4)n3)c2)CC1.CCN(CC)CCNc1cccc(Nc2nccc(-c3nccs3)n2)c1.CN(CCO)CCNc1cccc(Nc2nccc(-c3nccs3)n2)c1. The number of nitrogens with zero attached hydrogens (tertiary/aromatic N) is 13. The molecule has 436 valence electrons. The van der Waals surface area contributed by atoms with Crippen molar-refractivity contribution in [2.45, 2.75) is 33.6 Å². The molecule has 1 aliphatic rings. The fourth-order valence-electron chi connectivity index (χ4n) is 8.83. The van der Waals surface area contributed by atoms with Gasteiger partial charge >= 0.3 is 0 Å². The number of rotatable bonds is 28. The first kappa shape index (κ1) is 61.5. The summed E-state index contributed by atoms with van der Waals surface area (Å²) in [6.07, 6.45) is 13.0. The van der Waals surface area contributed by atoms with Crippen LogP contribution in [0, 0.1) is 0 Å². The van der Waals surface area contributed by atoms with Crippen LogP contribution >= 0.6 is 34.0 Å². The van der Waals surface area contributed by atoms with Crippen molar-refractivity contribution in [1.82, 2.24) is 64.5 Å². The van der Waals surface area contributed by atoms with Crippen molar-refractivity contribution < 1.29 is 5.11 Å². The lowest BCUT2D eigenvalue weighted by molar-refractivity contribution is 0.132. The van der Waals surface area contributed by atoms with Gasteiger partial charge in [-0.1, -0.05) is 39.0 Å². The van der Waals surface area contributed by atoms with Crippen molar-refractivity contribution in [3.05, 3.63) is 144 Å². The molecule has 0 radical (unpaired) electrons. The maximum atomic E-state index is 8.92. The van der Waals surface area contributed by atoms with Gasteiger partial charge in [0.25, 0.3) is 0 Å². The van der Waals surface area contributed by atoms with Crippen LogP contribution in [0.1, 0.15) is 33.6 Å². The normalized spacial score (nSPS) is 12.5. The standard InChI is InChI=1S/C23H31N7S.C19H24N6S.C18H22N6OS/c1-2-11-29-13-15-30(16-14-29)12-4-8-24-19-5-3-6-20(18-19)27-23-26-9-7-21(28-23)22-25-10-17-31-22;1-3-25(4-2)12-10-20-15-6-5-7-16(14-15)23-19-22-9-8-17(24-19)18-21-11-13-26-18;1-24(10-11-25)9-7-19-14-3-2-4-15(13-14)22-18-21-6-5-16(23-18)17-20-8-12-26-17/h3,5-7,9-10,17-18,24H,2,4,8,11-16H2,1H3,(H,26,27,28);5-9,11,13-14,20H,3-4,10,12H2,1-2H3,(H,22,23,24);2-6,8,12-13,19,25H,7,9-11H2,1H3,(H,21,22,23). The number of piperazine rings is 1. The first-order valence-corrected chi connectivity index (χ1v) is 30.9. The first-order valence-electron chi connectivity index (χ1n) is 28.3. The molecule has 23 heteroatoms. The van der Waals surface area contributed by atoms with E-state index >= 15 is 0 Å². The molecule has 0 bridgehead atoms. The molecule has 3 aromatic carbocycles. The average molecular weight is 1180 g/mol. The summed E-state index contributed by atoms with van der Waals surface area (Å²) in [4.78, 5) is 49.1. The molecule has 20 nitrogen and oxygen atoms in total. The van der Waals surface area contributed by atoms with Crippen molar-refractivity contribution in [3.8, 4) is 32.1 Å². The van der Waals surface area contributed by atoms with Gasteiger partial charge in [-0.25, -0.2) is 44.9 Å². The third kappa shape index (κ3) is 21.0. The molecule has 1 saturated heterocycles. The van der Waals surface area contributed by atoms with Crippen LogP contribution in [0.25, 0.3) is 32.1 Å². The maximum absolute atomic E-state index is 8.92. The molecule has 0 spiro atoms. The van der Waals surface area contributed by atoms with Crippen molar-refractivity contribution >= 4 is 86.0 Å². The van der Waals surface area contributed by atoms with Gasteiger partial charge in [-0.05, 0) is 119 Å². The Morgan fingerprint density at radius 2 is 0.867 bits per heavy atom. The van der Waals surface area contributed by atoms with E-state index in [1.54, 1.807) is 71.2 Å². The third-order valence-corrected chi connectivity index (χ3v) is 15.6. The quantitative estimate of drug-likeness (QED) is 0.0227. The van der Waals surface area contributed by atoms with Gasteiger partial charge in [0, 0.05) is 153 Å². The summed E-state index contributed by atoms with van der Waals surface area (Å²) in [5.41, 5.74) is 8.50. The molecule has 7 heterocycles. The van der Waals surface area contributed by atoms with Gasteiger partial charge in [-0.15, -0.1) is 34.0 Å².